The first kappa shape index (κ1) is 12.7. The highest BCUT2D eigenvalue weighted by molar-refractivity contribution is 6.31. The molecule has 0 bridgehead atoms. The zero-order valence-electron chi connectivity index (χ0n) is 10.6. The van der Waals surface area contributed by atoms with E-state index in [0.29, 0.717) is 0 Å². The van der Waals surface area contributed by atoms with E-state index >= 15 is 0 Å². The molecule has 1 aliphatic heterocycles. The predicted molar refractivity (Wildman–Crippen MR) is 72.0 cm³/mol. The minimum atomic E-state index is 0.729. The zero-order chi connectivity index (χ0) is 12.3. The Hall–Kier alpha value is -0.730. The molecular formula is C14H20ClNO. The molecule has 3 heteroatoms. The SMILES string of the molecule is COc1cc(CC2CCCNC2)cc(Cl)c1C. The van der Waals surface area contributed by atoms with Gasteiger partial charge in [0.25, 0.3) is 0 Å². The summed E-state index contributed by atoms with van der Waals surface area (Å²) in [5.41, 5.74) is 2.31. The maximum absolute atomic E-state index is 6.22. The molecule has 2 rings (SSSR count). The third-order valence-corrected chi connectivity index (χ3v) is 3.89. The van der Waals surface area contributed by atoms with Gasteiger partial charge in [0.2, 0.25) is 0 Å². The molecular weight excluding hydrogens is 234 g/mol. The minimum Gasteiger partial charge on any atom is -0.496 e. The van der Waals surface area contributed by atoms with Crippen LogP contribution in [0.5, 0.6) is 5.75 Å². The summed E-state index contributed by atoms with van der Waals surface area (Å²) >= 11 is 6.22. The number of rotatable bonds is 3. The molecule has 0 spiro atoms. The van der Waals surface area contributed by atoms with Gasteiger partial charge in [-0.1, -0.05) is 11.6 Å². The molecule has 1 aromatic carbocycles. The first-order chi connectivity index (χ1) is 8.20. The van der Waals surface area contributed by atoms with Crippen molar-refractivity contribution in [1.29, 1.82) is 0 Å². The average molecular weight is 254 g/mol. The van der Waals surface area contributed by atoms with Crippen LogP contribution in [0, 0.1) is 12.8 Å². The van der Waals surface area contributed by atoms with Crippen molar-refractivity contribution in [3.63, 3.8) is 0 Å². The lowest BCUT2D eigenvalue weighted by molar-refractivity contribution is 0.374. The van der Waals surface area contributed by atoms with Gasteiger partial charge < -0.3 is 10.1 Å². The Balaban J connectivity index is 2.12. The number of piperidine rings is 1. The van der Waals surface area contributed by atoms with Crippen molar-refractivity contribution in [3.8, 4) is 5.75 Å². The summed E-state index contributed by atoms with van der Waals surface area (Å²) < 4.78 is 5.36. The van der Waals surface area contributed by atoms with Gasteiger partial charge in [0.15, 0.2) is 0 Å². The molecule has 0 radical (unpaired) electrons. The zero-order valence-corrected chi connectivity index (χ0v) is 11.3. The van der Waals surface area contributed by atoms with E-state index in [1.54, 1.807) is 7.11 Å². The van der Waals surface area contributed by atoms with E-state index < -0.39 is 0 Å². The smallest absolute Gasteiger partial charge is 0.123 e. The summed E-state index contributed by atoms with van der Waals surface area (Å²) in [7, 11) is 1.70. The van der Waals surface area contributed by atoms with E-state index in [1.165, 1.54) is 18.4 Å². The van der Waals surface area contributed by atoms with Gasteiger partial charge in [0.05, 0.1) is 7.11 Å². The molecule has 1 aliphatic rings. The van der Waals surface area contributed by atoms with Crippen molar-refractivity contribution in [2.24, 2.45) is 5.92 Å². The molecule has 0 amide bonds. The van der Waals surface area contributed by atoms with Crippen LogP contribution in [0.15, 0.2) is 12.1 Å². The van der Waals surface area contributed by atoms with E-state index in [4.69, 9.17) is 16.3 Å². The van der Waals surface area contributed by atoms with Crippen LogP contribution in [0.2, 0.25) is 5.02 Å². The molecule has 0 saturated carbocycles. The summed E-state index contributed by atoms with van der Waals surface area (Å²) in [5.74, 6) is 1.63. The standard InChI is InChI=1S/C14H20ClNO/c1-10-13(15)7-12(8-14(10)17-2)6-11-4-3-5-16-9-11/h7-8,11,16H,3-6,9H2,1-2H3. The van der Waals surface area contributed by atoms with Crippen molar-refractivity contribution in [1.82, 2.24) is 5.32 Å². The third kappa shape index (κ3) is 3.14. The number of nitrogens with one attached hydrogen (secondary N) is 1. The molecule has 1 unspecified atom stereocenters. The first-order valence-electron chi connectivity index (χ1n) is 6.24. The van der Waals surface area contributed by atoms with Crippen molar-refractivity contribution in [2.45, 2.75) is 26.2 Å². The topological polar surface area (TPSA) is 21.3 Å². The molecule has 0 aromatic heterocycles. The molecule has 1 heterocycles. The normalized spacial score (nSPS) is 20.3. The summed E-state index contributed by atoms with van der Waals surface area (Å²) in [5, 5.41) is 4.25. The van der Waals surface area contributed by atoms with Gasteiger partial charge >= 0.3 is 0 Å². The quantitative estimate of drug-likeness (QED) is 0.893. The van der Waals surface area contributed by atoms with Gasteiger partial charge in [-0.2, -0.15) is 0 Å². The first-order valence-corrected chi connectivity index (χ1v) is 6.62. The highest BCUT2D eigenvalue weighted by Gasteiger charge is 2.15. The maximum atomic E-state index is 6.22. The Bertz CT molecular complexity index is 386. The van der Waals surface area contributed by atoms with Crippen molar-refractivity contribution in [3.05, 3.63) is 28.3 Å². The number of benzene rings is 1. The number of hydrogen-bond acceptors (Lipinski definition) is 2. The second-order valence-electron chi connectivity index (χ2n) is 4.82. The lowest BCUT2D eigenvalue weighted by Crippen LogP contribution is -2.30. The lowest BCUT2D eigenvalue weighted by atomic mass is 9.92. The summed E-state index contributed by atoms with van der Waals surface area (Å²) in [6.45, 7) is 4.27. The van der Waals surface area contributed by atoms with Crippen LogP contribution in [-0.4, -0.2) is 20.2 Å². The molecule has 1 saturated heterocycles. The summed E-state index contributed by atoms with van der Waals surface area (Å²) in [4.78, 5) is 0. The monoisotopic (exact) mass is 253 g/mol. The van der Waals surface area contributed by atoms with Crippen LogP contribution >= 0.6 is 11.6 Å². The summed E-state index contributed by atoms with van der Waals surface area (Å²) in [6.07, 6.45) is 3.67. The largest absolute Gasteiger partial charge is 0.496 e. The molecule has 17 heavy (non-hydrogen) atoms. The van der Waals surface area contributed by atoms with Gasteiger partial charge in [-0.3, -0.25) is 0 Å². The van der Waals surface area contributed by atoms with Crippen molar-refractivity contribution < 1.29 is 4.74 Å². The van der Waals surface area contributed by atoms with E-state index in [2.05, 4.69) is 17.4 Å². The van der Waals surface area contributed by atoms with Gasteiger partial charge in [-0.25, -0.2) is 0 Å². The number of hydrogen-bond donors (Lipinski definition) is 1. The Labute approximate surface area is 108 Å². The van der Waals surface area contributed by atoms with Crippen molar-refractivity contribution in [2.75, 3.05) is 20.2 Å². The number of methoxy groups -OCH3 is 1. The minimum absolute atomic E-state index is 0.729. The van der Waals surface area contributed by atoms with Crippen LogP contribution in [-0.2, 0) is 6.42 Å². The molecule has 2 nitrogen and oxygen atoms in total. The van der Waals surface area contributed by atoms with Gasteiger partial charge in [0, 0.05) is 10.6 Å². The van der Waals surface area contributed by atoms with Crippen LogP contribution in [0.1, 0.15) is 24.0 Å². The molecule has 1 atom stereocenters. The Morgan fingerprint density at radius 1 is 1.47 bits per heavy atom. The number of halogens is 1. The molecule has 94 valence electrons. The highest BCUT2D eigenvalue weighted by Crippen LogP contribution is 2.29. The van der Waals surface area contributed by atoms with E-state index in [0.717, 1.165) is 41.8 Å². The fourth-order valence-electron chi connectivity index (χ4n) is 2.47. The van der Waals surface area contributed by atoms with Crippen LogP contribution in [0.25, 0.3) is 0 Å². The summed E-state index contributed by atoms with van der Waals surface area (Å²) in [6, 6.07) is 4.20. The van der Waals surface area contributed by atoms with Gasteiger partial charge in [-0.15, -0.1) is 0 Å². The molecule has 1 fully saturated rings. The second kappa shape index (κ2) is 5.74. The van der Waals surface area contributed by atoms with Gasteiger partial charge in [-0.05, 0) is 62.9 Å². The van der Waals surface area contributed by atoms with Crippen LogP contribution < -0.4 is 10.1 Å². The number of ether oxygens (including phenoxy) is 1. The molecule has 1 N–H and O–H groups in total. The lowest BCUT2D eigenvalue weighted by Gasteiger charge is -2.23. The van der Waals surface area contributed by atoms with E-state index in [-0.39, 0.29) is 0 Å². The van der Waals surface area contributed by atoms with E-state index in [1.807, 2.05) is 6.92 Å². The van der Waals surface area contributed by atoms with Crippen molar-refractivity contribution >= 4 is 11.6 Å². The molecule has 1 aromatic rings. The highest BCUT2D eigenvalue weighted by atomic mass is 35.5. The average Bonchev–Trinajstić information content (AvgIpc) is 2.35. The predicted octanol–water partition coefficient (Wildman–Crippen LogP) is 3.20. The maximum Gasteiger partial charge on any atom is 0.123 e. The van der Waals surface area contributed by atoms with Crippen LogP contribution in [0.3, 0.4) is 0 Å². The molecule has 0 aliphatic carbocycles. The third-order valence-electron chi connectivity index (χ3n) is 3.50. The van der Waals surface area contributed by atoms with Crippen LogP contribution in [0.4, 0.5) is 0 Å². The second-order valence-corrected chi connectivity index (χ2v) is 5.23. The van der Waals surface area contributed by atoms with Gasteiger partial charge in [0.1, 0.15) is 5.75 Å². The fraction of sp³-hybridized carbons (Fsp3) is 0.571. The Morgan fingerprint density at radius 2 is 2.29 bits per heavy atom. The fourth-order valence-corrected chi connectivity index (χ4v) is 2.70. The Morgan fingerprint density at radius 3 is 2.94 bits per heavy atom. The Kier molecular flexibility index (Phi) is 4.30. The van der Waals surface area contributed by atoms with E-state index in [9.17, 15) is 0 Å².